The number of benzene rings is 3. The number of para-hydroxylation sites is 2. The van der Waals surface area contributed by atoms with Crippen molar-refractivity contribution in [2.75, 3.05) is 5.32 Å². The van der Waals surface area contributed by atoms with Crippen molar-refractivity contribution >= 4 is 23.5 Å². The fraction of sp³-hybridized carbons (Fsp3) is 0.0455. The van der Waals surface area contributed by atoms with E-state index in [1.807, 2.05) is 0 Å². The van der Waals surface area contributed by atoms with Crippen LogP contribution >= 0.6 is 0 Å². The molecule has 0 spiro atoms. The van der Waals surface area contributed by atoms with Gasteiger partial charge in [-0.15, -0.1) is 0 Å². The molecule has 0 saturated carbocycles. The predicted molar refractivity (Wildman–Crippen MR) is 106 cm³/mol. The number of aromatic carboxylic acids is 2. The Morgan fingerprint density at radius 2 is 1.50 bits per heavy atom. The van der Waals surface area contributed by atoms with E-state index in [0.717, 1.165) is 24.3 Å². The van der Waals surface area contributed by atoms with Gasteiger partial charge >= 0.3 is 18.1 Å². The van der Waals surface area contributed by atoms with Gasteiger partial charge < -0.3 is 20.3 Å². The molecule has 7 nitrogen and oxygen atoms in total. The zero-order valence-electron chi connectivity index (χ0n) is 16.0. The molecule has 0 atom stereocenters. The number of carbonyl (C=O) groups excluding carboxylic acids is 1. The lowest BCUT2D eigenvalue weighted by Gasteiger charge is -2.14. The van der Waals surface area contributed by atoms with Crippen LogP contribution in [0, 0.1) is 0 Å². The SMILES string of the molecule is O=C(Nc1ccccc1Oc1ccc(C(=O)O)c(C(=O)O)c1)c1cccc(C(F)(F)F)c1. The highest BCUT2D eigenvalue weighted by molar-refractivity contribution is 6.05. The first-order valence-electron chi connectivity index (χ1n) is 8.92. The molecule has 0 aliphatic carbocycles. The van der Waals surface area contributed by atoms with Crippen LogP contribution in [-0.2, 0) is 6.18 Å². The average Bonchev–Trinajstić information content (AvgIpc) is 2.74. The number of carbonyl (C=O) groups is 3. The van der Waals surface area contributed by atoms with Crippen LogP contribution in [-0.4, -0.2) is 28.1 Å². The summed E-state index contributed by atoms with van der Waals surface area (Å²) in [5.74, 6) is -3.68. The Labute approximate surface area is 178 Å². The molecule has 0 aliphatic rings. The average molecular weight is 445 g/mol. The number of carboxylic acid groups (broad SMARTS) is 2. The Hall–Kier alpha value is -4.34. The van der Waals surface area contributed by atoms with Gasteiger partial charge in [0.1, 0.15) is 5.75 Å². The van der Waals surface area contributed by atoms with Crippen LogP contribution in [0.5, 0.6) is 11.5 Å². The Bertz CT molecular complexity index is 1210. The molecule has 0 aliphatic heterocycles. The second-order valence-corrected chi connectivity index (χ2v) is 6.45. The van der Waals surface area contributed by atoms with Crippen molar-refractivity contribution in [3.05, 3.63) is 89.0 Å². The lowest BCUT2D eigenvalue weighted by Crippen LogP contribution is -2.14. The van der Waals surface area contributed by atoms with Gasteiger partial charge in [0, 0.05) is 5.56 Å². The lowest BCUT2D eigenvalue weighted by atomic mass is 10.1. The number of nitrogens with one attached hydrogen (secondary N) is 1. The summed E-state index contributed by atoms with van der Waals surface area (Å²) in [6, 6.07) is 13.2. The Kier molecular flexibility index (Phi) is 6.15. The van der Waals surface area contributed by atoms with Crippen molar-refractivity contribution in [2.24, 2.45) is 0 Å². The minimum absolute atomic E-state index is 0.0202. The molecule has 0 saturated heterocycles. The maximum Gasteiger partial charge on any atom is 0.416 e. The van der Waals surface area contributed by atoms with Crippen molar-refractivity contribution in [1.82, 2.24) is 0 Å². The molecule has 10 heteroatoms. The van der Waals surface area contributed by atoms with Gasteiger partial charge in [0.05, 0.1) is 22.4 Å². The highest BCUT2D eigenvalue weighted by Gasteiger charge is 2.31. The molecule has 3 N–H and O–H groups in total. The van der Waals surface area contributed by atoms with Gasteiger partial charge in [0.25, 0.3) is 5.91 Å². The topological polar surface area (TPSA) is 113 Å². The van der Waals surface area contributed by atoms with Crippen LogP contribution in [0.4, 0.5) is 18.9 Å². The summed E-state index contributed by atoms with van der Waals surface area (Å²) < 4.78 is 44.3. The second kappa shape index (κ2) is 8.80. The monoisotopic (exact) mass is 445 g/mol. The van der Waals surface area contributed by atoms with Crippen molar-refractivity contribution in [2.45, 2.75) is 6.18 Å². The third-order valence-corrected chi connectivity index (χ3v) is 4.27. The summed E-state index contributed by atoms with van der Waals surface area (Å²) in [7, 11) is 0. The van der Waals surface area contributed by atoms with Crippen molar-refractivity contribution in [1.29, 1.82) is 0 Å². The first-order chi connectivity index (χ1) is 15.1. The van der Waals surface area contributed by atoms with Crippen LogP contribution < -0.4 is 10.1 Å². The molecule has 164 valence electrons. The first-order valence-corrected chi connectivity index (χ1v) is 8.92. The summed E-state index contributed by atoms with van der Waals surface area (Å²) in [4.78, 5) is 35.0. The number of hydrogen-bond donors (Lipinski definition) is 3. The molecular formula is C22H14F3NO6. The molecule has 1 amide bonds. The molecule has 0 heterocycles. The van der Waals surface area contributed by atoms with Crippen molar-refractivity contribution < 1.29 is 42.5 Å². The lowest BCUT2D eigenvalue weighted by molar-refractivity contribution is -0.137. The standard InChI is InChI=1S/C22H14F3NO6/c23-22(24,25)13-5-3-4-12(10-13)19(27)26-17-6-1-2-7-18(17)32-14-8-9-15(20(28)29)16(11-14)21(30)31/h1-11H,(H,26,27)(H,28,29)(H,30,31). The number of anilines is 1. The smallest absolute Gasteiger partial charge is 0.416 e. The van der Waals surface area contributed by atoms with Crippen molar-refractivity contribution in [3.63, 3.8) is 0 Å². The normalized spacial score (nSPS) is 11.0. The van der Waals surface area contributed by atoms with E-state index in [1.165, 1.54) is 24.3 Å². The van der Waals surface area contributed by atoms with Crippen LogP contribution in [0.3, 0.4) is 0 Å². The maximum atomic E-state index is 12.9. The molecule has 0 aromatic heterocycles. The van der Waals surface area contributed by atoms with E-state index in [1.54, 1.807) is 12.1 Å². The number of halogens is 3. The minimum atomic E-state index is -4.61. The number of ether oxygens (including phenoxy) is 1. The molecule has 0 bridgehead atoms. The third-order valence-electron chi connectivity index (χ3n) is 4.27. The summed E-state index contributed by atoms with van der Waals surface area (Å²) in [6.07, 6.45) is -4.61. The number of rotatable bonds is 6. The van der Waals surface area contributed by atoms with E-state index in [4.69, 9.17) is 9.84 Å². The van der Waals surface area contributed by atoms with E-state index in [-0.39, 0.29) is 22.7 Å². The summed E-state index contributed by atoms with van der Waals surface area (Å²) in [6.45, 7) is 0. The Morgan fingerprint density at radius 1 is 0.812 bits per heavy atom. The number of alkyl halides is 3. The number of hydrogen-bond acceptors (Lipinski definition) is 4. The van der Waals surface area contributed by atoms with E-state index < -0.39 is 40.7 Å². The molecule has 0 radical (unpaired) electrons. The maximum absolute atomic E-state index is 12.9. The van der Waals surface area contributed by atoms with Gasteiger partial charge in [-0.1, -0.05) is 18.2 Å². The highest BCUT2D eigenvalue weighted by Crippen LogP contribution is 2.32. The first kappa shape index (κ1) is 22.3. The zero-order valence-corrected chi connectivity index (χ0v) is 16.0. The Morgan fingerprint density at radius 3 is 2.16 bits per heavy atom. The summed E-state index contributed by atoms with van der Waals surface area (Å²) in [5.41, 5.74) is -2.03. The largest absolute Gasteiger partial charge is 0.478 e. The van der Waals surface area contributed by atoms with Crippen LogP contribution in [0.2, 0.25) is 0 Å². The highest BCUT2D eigenvalue weighted by atomic mass is 19.4. The molecule has 3 rings (SSSR count). The minimum Gasteiger partial charge on any atom is -0.478 e. The molecular weight excluding hydrogens is 431 g/mol. The zero-order chi connectivity index (χ0) is 23.5. The number of carboxylic acids is 2. The van der Waals surface area contributed by atoms with Crippen LogP contribution in [0.15, 0.2) is 66.7 Å². The van der Waals surface area contributed by atoms with Gasteiger partial charge in [-0.05, 0) is 48.5 Å². The fourth-order valence-electron chi connectivity index (χ4n) is 2.77. The molecule has 0 fully saturated rings. The predicted octanol–water partition coefficient (Wildman–Crippen LogP) is 5.15. The Balaban J connectivity index is 1.87. The van der Waals surface area contributed by atoms with Gasteiger partial charge in [-0.2, -0.15) is 13.2 Å². The molecule has 0 unspecified atom stereocenters. The van der Waals surface area contributed by atoms with E-state index in [2.05, 4.69) is 5.32 Å². The van der Waals surface area contributed by atoms with E-state index >= 15 is 0 Å². The summed E-state index contributed by atoms with van der Waals surface area (Å²) in [5, 5.41) is 20.8. The summed E-state index contributed by atoms with van der Waals surface area (Å²) >= 11 is 0. The van der Waals surface area contributed by atoms with Gasteiger partial charge in [-0.3, -0.25) is 4.79 Å². The fourth-order valence-corrected chi connectivity index (χ4v) is 2.77. The van der Waals surface area contributed by atoms with E-state index in [9.17, 15) is 32.7 Å². The molecule has 32 heavy (non-hydrogen) atoms. The number of amides is 1. The van der Waals surface area contributed by atoms with Crippen LogP contribution in [0.25, 0.3) is 0 Å². The van der Waals surface area contributed by atoms with Gasteiger partial charge in [-0.25, -0.2) is 9.59 Å². The quantitative estimate of drug-likeness (QED) is 0.484. The third kappa shape index (κ3) is 5.04. The molecule has 3 aromatic rings. The van der Waals surface area contributed by atoms with Crippen molar-refractivity contribution in [3.8, 4) is 11.5 Å². The van der Waals surface area contributed by atoms with Crippen LogP contribution in [0.1, 0.15) is 36.6 Å². The second-order valence-electron chi connectivity index (χ2n) is 6.45. The molecule has 3 aromatic carbocycles. The van der Waals surface area contributed by atoms with E-state index in [0.29, 0.717) is 6.07 Å². The van der Waals surface area contributed by atoms with Gasteiger partial charge in [0.2, 0.25) is 0 Å². The van der Waals surface area contributed by atoms with Gasteiger partial charge in [0.15, 0.2) is 5.75 Å².